The molecular formula is C16H17Br2NO. The number of carbonyl (C=O) groups excluding carboxylic acids is 1. The Morgan fingerprint density at radius 2 is 1.80 bits per heavy atom. The molecule has 0 atom stereocenters. The maximum atomic E-state index is 11.8. The zero-order chi connectivity index (χ0) is 14.5. The van der Waals surface area contributed by atoms with Gasteiger partial charge >= 0.3 is 0 Å². The van der Waals surface area contributed by atoms with E-state index in [4.69, 9.17) is 0 Å². The van der Waals surface area contributed by atoms with Gasteiger partial charge in [-0.2, -0.15) is 0 Å². The number of rotatable bonds is 6. The van der Waals surface area contributed by atoms with Crippen LogP contribution in [-0.2, 0) is 0 Å². The predicted octanol–water partition coefficient (Wildman–Crippen LogP) is 4.64. The van der Waals surface area contributed by atoms with Gasteiger partial charge in [-0.1, -0.05) is 56.1 Å². The smallest absolute Gasteiger partial charge is 0.160 e. The van der Waals surface area contributed by atoms with Gasteiger partial charge in [0.05, 0.1) is 0 Å². The van der Waals surface area contributed by atoms with Gasteiger partial charge in [0.15, 0.2) is 5.78 Å². The molecule has 20 heavy (non-hydrogen) atoms. The van der Waals surface area contributed by atoms with Gasteiger partial charge in [0.1, 0.15) is 0 Å². The Hall–Kier alpha value is -0.870. The number of carbonyl (C=O) groups is 1. The average Bonchev–Trinajstić information content (AvgIpc) is 2.45. The normalized spacial score (nSPS) is 10.8. The molecule has 0 heterocycles. The van der Waals surface area contributed by atoms with Crippen LogP contribution in [0.4, 0.5) is 5.69 Å². The maximum Gasteiger partial charge on any atom is 0.160 e. The van der Waals surface area contributed by atoms with Crippen LogP contribution in [0.2, 0.25) is 0 Å². The van der Waals surface area contributed by atoms with Crippen LogP contribution in [0.5, 0.6) is 0 Å². The van der Waals surface area contributed by atoms with E-state index in [0.717, 1.165) is 45.8 Å². The molecule has 0 unspecified atom stereocenters. The summed E-state index contributed by atoms with van der Waals surface area (Å²) in [5.74, 6) is 0.111. The monoisotopic (exact) mass is 397 g/mol. The van der Waals surface area contributed by atoms with Crippen molar-refractivity contribution in [3.8, 4) is 0 Å². The summed E-state index contributed by atoms with van der Waals surface area (Å²) in [5, 5.41) is 3.99. The third-order valence-corrected chi connectivity index (χ3v) is 4.03. The third-order valence-electron chi connectivity index (χ3n) is 3.32. The number of halogens is 2. The molecule has 2 rings (SSSR count). The van der Waals surface area contributed by atoms with Gasteiger partial charge in [0.25, 0.3) is 0 Å². The minimum absolute atomic E-state index is 0.111. The lowest BCUT2D eigenvalue weighted by molar-refractivity contribution is 0.101. The number of Topliss-reactive ketones (excluding diaryl/α,β-unsaturated/α-hetero) is 1. The zero-order valence-electron chi connectivity index (χ0n) is 11.4. The van der Waals surface area contributed by atoms with Gasteiger partial charge in [-0.15, -0.1) is 0 Å². The lowest BCUT2D eigenvalue weighted by atomic mass is 10.0. The van der Waals surface area contributed by atoms with Crippen LogP contribution in [0, 0.1) is 0 Å². The van der Waals surface area contributed by atoms with Crippen molar-refractivity contribution in [2.45, 2.75) is 6.92 Å². The molecule has 0 spiro atoms. The highest BCUT2D eigenvalue weighted by Crippen LogP contribution is 2.25. The molecule has 0 radical (unpaired) electrons. The Labute approximate surface area is 136 Å². The number of ketones is 1. The van der Waals surface area contributed by atoms with Crippen LogP contribution >= 0.6 is 31.9 Å². The Bertz CT molecular complexity index is 606. The molecule has 0 saturated heterocycles. The van der Waals surface area contributed by atoms with Gasteiger partial charge in [-0.05, 0) is 29.8 Å². The van der Waals surface area contributed by atoms with Crippen molar-refractivity contribution in [3.05, 3.63) is 42.0 Å². The first-order valence-electron chi connectivity index (χ1n) is 6.58. The minimum atomic E-state index is 0.111. The van der Waals surface area contributed by atoms with E-state index >= 15 is 0 Å². The summed E-state index contributed by atoms with van der Waals surface area (Å²) in [7, 11) is 0. The van der Waals surface area contributed by atoms with Crippen molar-refractivity contribution in [1.82, 2.24) is 0 Å². The van der Waals surface area contributed by atoms with Crippen LogP contribution in [-0.4, -0.2) is 29.5 Å². The molecule has 0 aliphatic carbocycles. The summed E-state index contributed by atoms with van der Waals surface area (Å²) in [6.45, 7) is 3.51. The second-order valence-corrected chi connectivity index (χ2v) is 6.22. The Morgan fingerprint density at radius 1 is 1.10 bits per heavy atom. The lowest BCUT2D eigenvalue weighted by Crippen LogP contribution is -2.27. The number of fused-ring (bicyclic) bond motifs is 1. The number of hydrogen-bond acceptors (Lipinski definition) is 2. The molecule has 2 aromatic rings. The van der Waals surface area contributed by atoms with Crippen LogP contribution < -0.4 is 4.90 Å². The number of hydrogen-bond donors (Lipinski definition) is 0. The summed E-state index contributed by atoms with van der Waals surface area (Å²) in [6.07, 6.45) is 0. The predicted molar refractivity (Wildman–Crippen MR) is 93.8 cm³/mol. The molecule has 0 aliphatic heterocycles. The summed E-state index contributed by atoms with van der Waals surface area (Å²) in [4.78, 5) is 14.1. The second kappa shape index (κ2) is 7.23. The highest BCUT2D eigenvalue weighted by molar-refractivity contribution is 9.09. The first kappa shape index (κ1) is 15.5. The first-order chi connectivity index (χ1) is 9.67. The average molecular weight is 399 g/mol. The van der Waals surface area contributed by atoms with E-state index in [1.807, 2.05) is 18.2 Å². The summed E-state index contributed by atoms with van der Waals surface area (Å²) in [6, 6.07) is 12.2. The van der Waals surface area contributed by atoms with Crippen molar-refractivity contribution >= 4 is 54.1 Å². The molecule has 0 N–H and O–H groups in total. The summed E-state index contributed by atoms with van der Waals surface area (Å²) >= 11 is 6.99. The fourth-order valence-corrected chi connectivity index (χ4v) is 3.19. The summed E-state index contributed by atoms with van der Waals surface area (Å²) < 4.78 is 0. The van der Waals surface area contributed by atoms with E-state index in [2.05, 4.69) is 55.0 Å². The molecule has 0 aromatic heterocycles. The van der Waals surface area contributed by atoms with Crippen molar-refractivity contribution in [2.24, 2.45) is 0 Å². The zero-order valence-corrected chi connectivity index (χ0v) is 14.6. The molecule has 0 fully saturated rings. The Kier molecular flexibility index (Phi) is 5.61. The summed E-state index contributed by atoms with van der Waals surface area (Å²) in [5.41, 5.74) is 1.95. The largest absolute Gasteiger partial charge is 0.370 e. The van der Waals surface area contributed by atoms with E-state index in [1.165, 1.54) is 0 Å². The van der Waals surface area contributed by atoms with Crippen LogP contribution in [0.1, 0.15) is 17.3 Å². The number of nitrogens with zero attached hydrogens (tertiary/aromatic N) is 1. The molecule has 0 amide bonds. The Balaban J connectivity index is 2.50. The van der Waals surface area contributed by atoms with Crippen molar-refractivity contribution in [3.63, 3.8) is 0 Å². The highest BCUT2D eigenvalue weighted by atomic mass is 79.9. The minimum Gasteiger partial charge on any atom is -0.370 e. The lowest BCUT2D eigenvalue weighted by Gasteiger charge is -2.23. The third kappa shape index (κ3) is 3.41. The molecule has 2 aromatic carbocycles. The Morgan fingerprint density at radius 3 is 2.40 bits per heavy atom. The van der Waals surface area contributed by atoms with E-state index < -0.39 is 0 Å². The number of alkyl halides is 2. The van der Waals surface area contributed by atoms with Crippen molar-refractivity contribution in [1.29, 1.82) is 0 Å². The number of benzene rings is 2. The standard InChI is InChI=1S/C16H17Br2NO/c1-12(20)15-4-2-3-13-5-6-14(11-16(13)15)19(9-7-17)10-8-18/h2-6,11H,7-10H2,1H3. The van der Waals surface area contributed by atoms with E-state index in [-0.39, 0.29) is 5.78 Å². The van der Waals surface area contributed by atoms with Crippen molar-refractivity contribution < 1.29 is 4.79 Å². The van der Waals surface area contributed by atoms with Gasteiger partial charge in [-0.25, -0.2) is 0 Å². The van der Waals surface area contributed by atoms with Gasteiger partial charge < -0.3 is 4.90 Å². The maximum absolute atomic E-state index is 11.8. The van der Waals surface area contributed by atoms with Crippen LogP contribution in [0.3, 0.4) is 0 Å². The van der Waals surface area contributed by atoms with Crippen LogP contribution in [0.25, 0.3) is 10.8 Å². The van der Waals surface area contributed by atoms with Crippen LogP contribution in [0.15, 0.2) is 36.4 Å². The topological polar surface area (TPSA) is 20.3 Å². The SMILES string of the molecule is CC(=O)c1cccc2ccc(N(CCBr)CCBr)cc12. The molecule has 2 nitrogen and oxygen atoms in total. The molecule has 4 heteroatoms. The fraction of sp³-hybridized carbons (Fsp3) is 0.312. The molecule has 0 bridgehead atoms. The van der Waals surface area contributed by atoms with E-state index in [9.17, 15) is 4.79 Å². The van der Waals surface area contributed by atoms with Gasteiger partial charge in [0, 0.05) is 35.0 Å². The van der Waals surface area contributed by atoms with Gasteiger partial charge in [-0.3, -0.25) is 4.79 Å². The molecule has 0 aliphatic rings. The molecule has 106 valence electrons. The molecule has 0 saturated carbocycles. The van der Waals surface area contributed by atoms with Gasteiger partial charge in [0.2, 0.25) is 0 Å². The second-order valence-electron chi connectivity index (χ2n) is 4.63. The van der Waals surface area contributed by atoms with E-state index in [0.29, 0.717) is 0 Å². The van der Waals surface area contributed by atoms with E-state index in [1.54, 1.807) is 6.92 Å². The fourth-order valence-electron chi connectivity index (χ4n) is 2.34. The quantitative estimate of drug-likeness (QED) is 0.521. The first-order valence-corrected chi connectivity index (χ1v) is 8.82. The number of anilines is 1. The van der Waals surface area contributed by atoms with Crippen molar-refractivity contribution in [2.75, 3.05) is 28.6 Å². The highest BCUT2D eigenvalue weighted by Gasteiger charge is 2.09. The molecular weight excluding hydrogens is 382 g/mol.